The van der Waals surface area contributed by atoms with E-state index >= 15 is 0 Å². The second-order valence-electron chi connectivity index (χ2n) is 5.28. The fourth-order valence-electron chi connectivity index (χ4n) is 2.50. The van der Waals surface area contributed by atoms with Gasteiger partial charge in [0.25, 0.3) is 0 Å². The predicted molar refractivity (Wildman–Crippen MR) is 88.8 cm³/mol. The van der Waals surface area contributed by atoms with Gasteiger partial charge in [0, 0.05) is 23.1 Å². The van der Waals surface area contributed by atoms with Gasteiger partial charge in [0.05, 0.1) is 6.61 Å². The van der Waals surface area contributed by atoms with Gasteiger partial charge in [0.15, 0.2) is 17.7 Å². The first-order valence-electron chi connectivity index (χ1n) is 7.33. The van der Waals surface area contributed by atoms with Crippen LogP contribution < -0.4 is 10.1 Å². The minimum atomic E-state index is -0.500. The van der Waals surface area contributed by atoms with E-state index < -0.39 is 11.9 Å². The Hall–Kier alpha value is -1.33. The molecule has 0 radical (unpaired) electrons. The van der Waals surface area contributed by atoms with Gasteiger partial charge < -0.3 is 14.8 Å². The summed E-state index contributed by atoms with van der Waals surface area (Å²) in [5.41, 5.74) is 0.873. The van der Waals surface area contributed by atoms with Crippen LogP contribution in [0.3, 0.4) is 0 Å². The van der Waals surface area contributed by atoms with E-state index in [0.717, 1.165) is 12.1 Å². The molecule has 1 saturated heterocycles. The molecule has 122 valence electrons. The zero-order chi connectivity index (χ0) is 16.2. The molecule has 0 aliphatic carbocycles. The van der Waals surface area contributed by atoms with Crippen LogP contribution in [0.5, 0.6) is 5.75 Å². The predicted octanol–water partition coefficient (Wildman–Crippen LogP) is 4.24. The SMILES string of the molecule is Fc1cc(Cl)ccc1O[C@@H](c1ccc(Cl)cc1)[C@@H]1CNCCO1. The quantitative estimate of drug-likeness (QED) is 0.889. The fourth-order valence-corrected chi connectivity index (χ4v) is 2.78. The Morgan fingerprint density at radius 2 is 1.87 bits per heavy atom. The van der Waals surface area contributed by atoms with Crippen molar-refractivity contribution >= 4 is 23.2 Å². The summed E-state index contributed by atoms with van der Waals surface area (Å²) >= 11 is 11.7. The van der Waals surface area contributed by atoms with Crippen molar-refractivity contribution in [2.45, 2.75) is 12.2 Å². The molecule has 2 aromatic rings. The number of morpholine rings is 1. The van der Waals surface area contributed by atoms with Crippen LogP contribution >= 0.6 is 23.2 Å². The number of benzene rings is 2. The van der Waals surface area contributed by atoms with Crippen molar-refractivity contribution in [3.8, 4) is 5.75 Å². The van der Waals surface area contributed by atoms with Crippen LogP contribution in [-0.4, -0.2) is 25.8 Å². The molecule has 0 bridgehead atoms. The number of halogens is 3. The second kappa shape index (κ2) is 7.49. The summed E-state index contributed by atoms with van der Waals surface area (Å²) < 4.78 is 25.8. The topological polar surface area (TPSA) is 30.5 Å². The lowest BCUT2D eigenvalue weighted by Crippen LogP contribution is -2.43. The minimum Gasteiger partial charge on any atom is -0.480 e. The largest absolute Gasteiger partial charge is 0.480 e. The lowest BCUT2D eigenvalue weighted by atomic mass is 10.0. The molecule has 3 nitrogen and oxygen atoms in total. The van der Waals surface area contributed by atoms with Crippen LogP contribution in [0.2, 0.25) is 10.0 Å². The summed E-state index contributed by atoms with van der Waals surface area (Å²) in [4.78, 5) is 0. The molecule has 0 unspecified atom stereocenters. The Morgan fingerprint density at radius 3 is 2.52 bits per heavy atom. The van der Waals surface area contributed by atoms with E-state index in [4.69, 9.17) is 32.7 Å². The highest BCUT2D eigenvalue weighted by atomic mass is 35.5. The standard InChI is InChI=1S/C17H16Cl2FNO2/c18-12-3-1-11(2-4-12)17(16-10-21-7-8-22-16)23-15-6-5-13(19)9-14(15)20/h1-6,9,16-17,21H,7-8,10H2/t16-,17-/m0/s1. The molecule has 0 spiro atoms. The summed E-state index contributed by atoms with van der Waals surface area (Å²) in [5.74, 6) is -0.358. The minimum absolute atomic E-state index is 0.142. The van der Waals surface area contributed by atoms with Crippen molar-refractivity contribution in [1.29, 1.82) is 0 Å². The van der Waals surface area contributed by atoms with E-state index in [-0.39, 0.29) is 11.9 Å². The maximum atomic E-state index is 14.1. The fraction of sp³-hybridized carbons (Fsp3) is 0.294. The van der Waals surface area contributed by atoms with Crippen molar-refractivity contribution in [2.24, 2.45) is 0 Å². The summed E-state index contributed by atoms with van der Waals surface area (Å²) in [6.45, 7) is 2.00. The van der Waals surface area contributed by atoms with Gasteiger partial charge in [-0.2, -0.15) is 0 Å². The maximum absolute atomic E-state index is 14.1. The Kier molecular flexibility index (Phi) is 5.38. The Balaban J connectivity index is 1.89. The number of nitrogens with one attached hydrogen (secondary N) is 1. The first-order chi connectivity index (χ1) is 11.1. The molecule has 1 aliphatic heterocycles. The molecule has 1 fully saturated rings. The van der Waals surface area contributed by atoms with E-state index in [1.54, 1.807) is 18.2 Å². The van der Waals surface area contributed by atoms with Gasteiger partial charge in [-0.05, 0) is 35.9 Å². The molecule has 0 aromatic heterocycles. The van der Waals surface area contributed by atoms with Gasteiger partial charge in [-0.3, -0.25) is 0 Å². The Morgan fingerprint density at radius 1 is 1.13 bits per heavy atom. The molecule has 0 saturated carbocycles. The lowest BCUT2D eigenvalue weighted by molar-refractivity contribution is -0.0442. The van der Waals surface area contributed by atoms with Crippen molar-refractivity contribution in [3.05, 3.63) is 63.9 Å². The molecule has 2 aromatic carbocycles. The van der Waals surface area contributed by atoms with Crippen molar-refractivity contribution < 1.29 is 13.9 Å². The summed E-state index contributed by atoms with van der Waals surface area (Å²) in [6, 6.07) is 11.6. The van der Waals surface area contributed by atoms with Gasteiger partial charge in [-0.1, -0.05) is 35.3 Å². The zero-order valence-electron chi connectivity index (χ0n) is 12.3. The Bertz CT molecular complexity index is 660. The van der Waals surface area contributed by atoms with Gasteiger partial charge in [-0.25, -0.2) is 4.39 Å². The first-order valence-corrected chi connectivity index (χ1v) is 8.08. The average Bonchev–Trinajstić information content (AvgIpc) is 2.56. The third kappa shape index (κ3) is 4.15. The summed E-state index contributed by atoms with van der Waals surface area (Å²) in [7, 11) is 0. The summed E-state index contributed by atoms with van der Waals surface area (Å²) in [6.07, 6.45) is -0.671. The first kappa shape index (κ1) is 16.5. The smallest absolute Gasteiger partial charge is 0.166 e. The van der Waals surface area contributed by atoms with E-state index in [1.165, 1.54) is 12.1 Å². The number of hydrogen-bond acceptors (Lipinski definition) is 3. The molecule has 1 heterocycles. The molecule has 1 aliphatic rings. The van der Waals surface area contributed by atoms with Gasteiger partial charge in [0.2, 0.25) is 0 Å². The van der Waals surface area contributed by atoms with Crippen LogP contribution in [0.1, 0.15) is 11.7 Å². The molecular weight excluding hydrogens is 340 g/mol. The van der Waals surface area contributed by atoms with Crippen LogP contribution in [0.25, 0.3) is 0 Å². The molecule has 6 heteroatoms. The van der Waals surface area contributed by atoms with E-state index in [9.17, 15) is 4.39 Å². The third-order valence-corrected chi connectivity index (χ3v) is 4.13. The molecule has 0 amide bonds. The molecular formula is C17H16Cl2FNO2. The zero-order valence-corrected chi connectivity index (χ0v) is 13.8. The van der Waals surface area contributed by atoms with Crippen molar-refractivity contribution in [1.82, 2.24) is 5.32 Å². The number of rotatable bonds is 4. The third-order valence-electron chi connectivity index (χ3n) is 3.64. The van der Waals surface area contributed by atoms with Gasteiger partial charge in [-0.15, -0.1) is 0 Å². The maximum Gasteiger partial charge on any atom is 0.166 e. The average molecular weight is 356 g/mol. The normalized spacial score (nSPS) is 19.3. The van der Waals surface area contributed by atoms with Crippen molar-refractivity contribution in [2.75, 3.05) is 19.7 Å². The van der Waals surface area contributed by atoms with Crippen LogP contribution in [0.4, 0.5) is 4.39 Å². The summed E-state index contributed by atoms with van der Waals surface area (Å²) in [5, 5.41) is 4.22. The second-order valence-corrected chi connectivity index (χ2v) is 6.15. The molecule has 2 atom stereocenters. The van der Waals surface area contributed by atoms with Gasteiger partial charge >= 0.3 is 0 Å². The monoisotopic (exact) mass is 355 g/mol. The molecule has 3 rings (SSSR count). The number of ether oxygens (including phenoxy) is 2. The number of hydrogen-bond donors (Lipinski definition) is 1. The van der Waals surface area contributed by atoms with Gasteiger partial charge in [0.1, 0.15) is 6.10 Å². The lowest BCUT2D eigenvalue weighted by Gasteiger charge is -2.31. The highest BCUT2D eigenvalue weighted by Crippen LogP contribution is 2.30. The van der Waals surface area contributed by atoms with Crippen LogP contribution in [0, 0.1) is 5.82 Å². The molecule has 1 N–H and O–H groups in total. The highest BCUT2D eigenvalue weighted by Gasteiger charge is 2.28. The highest BCUT2D eigenvalue weighted by molar-refractivity contribution is 6.30. The Labute approximate surface area is 144 Å². The molecule has 23 heavy (non-hydrogen) atoms. The van der Waals surface area contributed by atoms with Crippen LogP contribution in [0.15, 0.2) is 42.5 Å². The van der Waals surface area contributed by atoms with Crippen LogP contribution in [-0.2, 0) is 4.74 Å². The van der Waals surface area contributed by atoms with E-state index in [1.807, 2.05) is 12.1 Å². The van der Waals surface area contributed by atoms with Crippen molar-refractivity contribution in [3.63, 3.8) is 0 Å². The van der Waals surface area contributed by atoms with E-state index in [0.29, 0.717) is 23.2 Å². The van der Waals surface area contributed by atoms with E-state index in [2.05, 4.69) is 5.32 Å².